The summed E-state index contributed by atoms with van der Waals surface area (Å²) in [5.74, 6) is 2.45. The van der Waals surface area contributed by atoms with Crippen LogP contribution in [0.4, 0.5) is 0 Å². The SMILES string of the molecule is CC(C)c1ccc(C2=[O+][Si-]OC(C(C)(C)C)=C2)cc1. The molecule has 1 aromatic rings. The zero-order chi connectivity index (χ0) is 14.0. The second-order valence-corrected chi connectivity index (χ2v) is 6.76. The number of allylic oxidation sites excluding steroid dienone is 2. The molecular weight excluding hydrogens is 252 g/mol. The molecule has 1 radical (unpaired) electrons. The molecule has 1 aliphatic rings. The Labute approximate surface area is 118 Å². The first kappa shape index (κ1) is 14.1. The molecule has 0 spiro atoms. The van der Waals surface area contributed by atoms with Crippen molar-refractivity contribution in [3.63, 3.8) is 0 Å². The molecule has 0 amide bonds. The molecule has 0 aromatic heterocycles. The summed E-state index contributed by atoms with van der Waals surface area (Å²) in [5, 5.41) is 0. The van der Waals surface area contributed by atoms with Crippen LogP contribution < -0.4 is 0 Å². The normalized spacial score (nSPS) is 15.5. The van der Waals surface area contributed by atoms with Crippen LogP contribution in [0.25, 0.3) is 0 Å². The Balaban J connectivity index is 2.27. The van der Waals surface area contributed by atoms with Gasteiger partial charge in [0, 0.05) is 5.41 Å². The van der Waals surface area contributed by atoms with E-state index in [1.165, 1.54) is 5.56 Å². The fourth-order valence-corrected chi connectivity index (χ4v) is 2.60. The van der Waals surface area contributed by atoms with E-state index in [-0.39, 0.29) is 15.4 Å². The van der Waals surface area contributed by atoms with E-state index in [0.717, 1.165) is 17.1 Å². The lowest BCUT2D eigenvalue weighted by atomic mass is 9.92. The molecule has 1 heterocycles. The van der Waals surface area contributed by atoms with Crippen LogP contribution in [0.15, 0.2) is 36.1 Å². The molecule has 0 bridgehead atoms. The molecule has 2 nitrogen and oxygen atoms in total. The van der Waals surface area contributed by atoms with E-state index in [4.69, 9.17) is 8.54 Å². The van der Waals surface area contributed by atoms with Crippen LogP contribution in [0.2, 0.25) is 0 Å². The van der Waals surface area contributed by atoms with Gasteiger partial charge in [-0.25, -0.2) is 0 Å². The van der Waals surface area contributed by atoms with Gasteiger partial charge in [-0.1, -0.05) is 46.8 Å². The van der Waals surface area contributed by atoms with E-state index in [0.29, 0.717) is 5.92 Å². The average Bonchev–Trinajstić information content (AvgIpc) is 2.38. The van der Waals surface area contributed by atoms with Crippen molar-refractivity contribution in [1.82, 2.24) is 0 Å². The highest BCUT2D eigenvalue weighted by Crippen LogP contribution is 2.28. The lowest BCUT2D eigenvalue weighted by Gasteiger charge is -2.27. The monoisotopic (exact) mass is 273 g/mol. The van der Waals surface area contributed by atoms with Crippen LogP contribution in [0.3, 0.4) is 0 Å². The van der Waals surface area contributed by atoms with E-state index < -0.39 is 0 Å². The molecule has 0 saturated heterocycles. The van der Waals surface area contributed by atoms with Crippen LogP contribution in [0.5, 0.6) is 0 Å². The zero-order valence-corrected chi connectivity index (χ0v) is 13.3. The summed E-state index contributed by atoms with van der Waals surface area (Å²) in [6, 6.07) is 8.58. The van der Waals surface area contributed by atoms with E-state index in [1.807, 2.05) is 6.08 Å². The fourth-order valence-electron chi connectivity index (χ4n) is 1.83. The third kappa shape index (κ3) is 3.35. The first-order chi connectivity index (χ1) is 8.88. The summed E-state index contributed by atoms with van der Waals surface area (Å²) in [6.45, 7) is 10.8. The average molecular weight is 273 g/mol. The van der Waals surface area contributed by atoms with Gasteiger partial charge < -0.3 is 8.54 Å². The van der Waals surface area contributed by atoms with Crippen LogP contribution in [-0.4, -0.2) is 15.8 Å². The fraction of sp³-hybridized carbons (Fsp3) is 0.438. The van der Waals surface area contributed by atoms with E-state index in [2.05, 4.69) is 58.9 Å². The summed E-state index contributed by atoms with van der Waals surface area (Å²) >= 11 is 0. The van der Waals surface area contributed by atoms with Gasteiger partial charge in [0.2, 0.25) is 0 Å². The van der Waals surface area contributed by atoms with Crippen molar-refractivity contribution in [3.05, 3.63) is 47.2 Å². The predicted octanol–water partition coefficient (Wildman–Crippen LogP) is 4.02. The largest absolute Gasteiger partial charge is 0.632 e. The Morgan fingerprint density at radius 3 is 2.26 bits per heavy atom. The smallest absolute Gasteiger partial charge is 0.424 e. The van der Waals surface area contributed by atoms with Crippen LogP contribution >= 0.6 is 0 Å². The van der Waals surface area contributed by atoms with Crippen molar-refractivity contribution in [2.75, 3.05) is 0 Å². The molecule has 1 aromatic carbocycles. The van der Waals surface area contributed by atoms with Crippen molar-refractivity contribution >= 4 is 15.8 Å². The van der Waals surface area contributed by atoms with Crippen molar-refractivity contribution < 1.29 is 8.54 Å². The topological polar surface area (TPSA) is 20.5 Å². The van der Waals surface area contributed by atoms with Gasteiger partial charge in [0.25, 0.3) is 5.78 Å². The number of ketones is 1. The van der Waals surface area contributed by atoms with Gasteiger partial charge in [-0.05, 0) is 23.6 Å². The zero-order valence-electron chi connectivity index (χ0n) is 12.3. The summed E-state index contributed by atoms with van der Waals surface area (Å²) < 4.78 is 11.2. The lowest BCUT2D eigenvalue weighted by molar-refractivity contribution is -0.109. The summed E-state index contributed by atoms with van der Waals surface area (Å²) in [7, 11) is 0.0487. The lowest BCUT2D eigenvalue weighted by Crippen LogP contribution is -2.20. The van der Waals surface area contributed by atoms with Gasteiger partial charge in [0.05, 0.1) is 17.4 Å². The molecule has 2 rings (SSSR count). The van der Waals surface area contributed by atoms with Gasteiger partial charge in [-0.15, -0.1) is 0 Å². The maximum Gasteiger partial charge on any atom is 0.424 e. The number of carbonyl (C=O) groups excluding carboxylic acids is 1. The summed E-state index contributed by atoms with van der Waals surface area (Å²) in [4.78, 5) is 0. The van der Waals surface area contributed by atoms with Gasteiger partial charge in [0.15, 0.2) is 0 Å². The minimum atomic E-state index is 0.0138. The molecule has 0 unspecified atom stereocenters. The van der Waals surface area contributed by atoms with E-state index in [1.54, 1.807) is 0 Å². The third-order valence-corrected chi connectivity index (χ3v) is 3.77. The molecular formula is C16H21O2Si. The Hall–Kier alpha value is -1.35. The molecule has 0 N–H and O–H groups in total. The first-order valence-electron chi connectivity index (χ1n) is 6.66. The molecule has 101 valence electrons. The van der Waals surface area contributed by atoms with Crippen LogP contribution in [0.1, 0.15) is 55.8 Å². The highest BCUT2D eigenvalue weighted by molar-refractivity contribution is 6.22. The molecule has 0 atom stereocenters. The predicted molar refractivity (Wildman–Crippen MR) is 79.2 cm³/mol. The number of rotatable bonds is 2. The minimum Gasteiger partial charge on any atom is -0.632 e. The van der Waals surface area contributed by atoms with Crippen molar-refractivity contribution in [3.8, 4) is 0 Å². The Kier molecular flexibility index (Phi) is 3.95. The standard InChI is InChI=1S/C16H21O2Si/c1-11(2)12-6-8-13(9-7-12)14-10-15(16(3,4)5)18-19-17-14/h6-11H,1-5H3. The molecule has 0 saturated carbocycles. The quantitative estimate of drug-likeness (QED) is 0.588. The maximum absolute atomic E-state index is 5.64. The summed E-state index contributed by atoms with van der Waals surface area (Å²) in [5.41, 5.74) is 2.47. The van der Waals surface area contributed by atoms with E-state index in [9.17, 15) is 0 Å². The molecule has 0 fully saturated rings. The first-order valence-corrected chi connectivity index (χ1v) is 7.48. The highest BCUT2D eigenvalue weighted by atomic mass is 28.2. The Morgan fingerprint density at radius 2 is 1.74 bits per heavy atom. The molecule has 3 heteroatoms. The third-order valence-electron chi connectivity index (χ3n) is 3.17. The Morgan fingerprint density at radius 1 is 1.11 bits per heavy atom. The van der Waals surface area contributed by atoms with Crippen molar-refractivity contribution in [2.45, 2.75) is 40.5 Å². The highest BCUT2D eigenvalue weighted by Gasteiger charge is 2.23. The van der Waals surface area contributed by atoms with Crippen LogP contribution in [-0.2, 0) is 4.43 Å². The number of hydrogen-bond donors (Lipinski definition) is 0. The van der Waals surface area contributed by atoms with Gasteiger partial charge in [-0.2, -0.15) is 0 Å². The van der Waals surface area contributed by atoms with Crippen molar-refractivity contribution in [1.29, 1.82) is 0 Å². The van der Waals surface area contributed by atoms with Gasteiger partial charge in [0.1, 0.15) is 0 Å². The second kappa shape index (κ2) is 5.33. The summed E-state index contributed by atoms with van der Waals surface area (Å²) in [6.07, 6.45) is 2.01. The van der Waals surface area contributed by atoms with Crippen LogP contribution in [0, 0.1) is 5.41 Å². The number of hydrogen-bond acceptors (Lipinski definition) is 1. The minimum absolute atomic E-state index is 0.0138. The molecule has 19 heavy (non-hydrogen) atoms. The Bertz CT molecular complexity index is 505. The van der Waals surface area contributed by atoms with Gasteiger partial charge in [-0.3, -0.25) is 0 Å². The van der Waals surface area contributed by atoms with Crippen molar-refractivity contribution in [2.24, 2.45) is 5.41 Å². The molecule has 1 aliphatic heterocycles. The van der Waals surface area contributed by atoms with E-state index >= 15 is 0 Å². The van der Waals surface area contributed by atoms with Gasteiger partial charge >= 0.3 is 10.0 Å². The maximum atomic E-state index is 5.64. The second-order valence-electron chi connectivity index (χ2n) is 6.19. The number of benzene rings is 1. The molecule has 0 aliphatic carbocycles.